The molecule has 0 radical (unpaired) electrons. The molecule has 1 saturated heterocycles. The number of ether oxygens (including phenoxy) is 1. The molecule has 1 aliphatic heterocycles. The van der Waals surface area contributed by atoms with Crippen LogP contribution in [0.2, 0.25) is 0 Å². The van der Waals surface area contributed by atoms with Crippen molar-refractivity contribution >= 4 is 11.8 Å². The molecule has 0 aromatic heterocycles. The fourth-order valence-electron chi connectivity index (χ4n) is 2.27. The zero-order chi connectivity index (χ0) is 14.0. The molecule has 2 N–H and O–H groups in total. The normalized spacial score (nSPS) is 27.4. The minimum absolute atomic E-state index is 0.0170. The number of primary amides is 1. The van der Waals surface area contributed by atoms with E-state index in [2.05, 4.69) is 0 Å². The molecule has 19 heavy (non-hydrogen) atoms. The van der Waals surface area contributed by atoms with E-state index in [4.69, 9.17) is 10.5 Å². The van der Waals surface area contributed by atoms with E-state index in [1.165, 1.54) is 4.90 Å². The predicted octanol–water partition coefficient (Wildman–Crippen LogP) is 0.678. The lowest BCUT2D eigenvalue weighted by atomic mass is 9.90. The lowest BCUT2D eigenvalue weighted by Gasteiger charge is -2.46. The van der Waals surface area contributed by atoms with Gasteiger partial charge in [-0.25, -0.2) is 0 Å². The molecule has 0 aliphatic carbocycles. The van der Waals surface area contributed by atoms with Crippen LogP contribution in [0.25, 0.3) is 0 Å². The van der Waals surface area contributed by atoms with Crippen molar-refractivity contribution in [2.45, 2.75) is 32.0 Å². The van der Waals surface area contributed by atoms with Crippen molar-refractivity contribution in [3.05, 3.63) is 35.9 Å². The second-order valence-corrected chi connectivity index (χ2v) is 4.93. The Kier molecular flexibility index (Phi) is 3.57. The maximum absolute atomic E-state index is 12.1. The standard InChI is InChI=1S/C14H18N2O3/c1-10-14(2,13(15)18)16(12(17)9-19-10)8-11-6-4-3-5-7-11/h3-7,10H,8-9H2,1-2H3,(H2,15,18). The van der Waals surface area contributed by atoms with Crippen LogP contribution in [0, 0.1) is 0 Å². The van der Waals surface area contributed by atoms with Crippen LogP contribution in [-0.4, -0.2) is 35.0 Å². The third kappa shape index (κ3) is 2.33. The average Bonchev–Trinajstić information content (AvgIpc) is 2.40. The average molecular weight is 262 g/mol. The molecule has 0 bridgehead atoms. The quantitative estimate of drug-likeness (QED) is 0.870. The summed E-state index contributed by atoms with van der Waals surface area (Å²) in [5, 5.41) is 0. The first kappa shape index (κ1) is 13.5. The van der Waals surface area contributed by atoms with Gasteiger partial charge < -0.3 is 15.4 Å². The number of carbonyl (C=O) groups is 2. The molecule has 0 spiro atoms. The van der Waals surface area contributed by atoms with Crippen molar-refractivity contribution < 1.29 is 14.3 Å². The van der Waals surface area contributed by atoms with Gasteiger partial charge in [0.25, 0.3) is 0 Å². The van der Waals surface area contributed by atoms with Crippen molar-refractivity contribution in [2.24, 2.45) is 5.73 Å². The summed E-state index contributed by atoms with van der Waals surface area (Å²) in [7, 11) is 0. The summed E-state index contributed by atoms with van der Waals surface area (Å²) in [5.74, 6) is -0.771. The van der Waals surface area contributed by atoms with E-state index in [1.54, 1.807) is 13.8 Å². The van der Waals surface area contributed by atoms with Crippen LogP contribution < -0.4 is 5.73 Å². The van der Waals surface area contributed by atoms with Gasteiger partial charge in [-0.2, -0.15) is 0 Å². The van der Waals surface area contributed by atoms with E-state index in [0.717, 1.165) is 5.56 Å². The first-order valence-electron chi connectivity index (χ1n) is 6.22. The molecule has 1 heterocycles. The molecule has 1 aromatic carbocycles. The van der Waals surface area contributed by atoms with Crippen LogP contribution in [0.5, 0.6) is 0 Å². The van der Waals surface area contributed by atoms with Crippen LogP contribution in [-0.2, 0) is 20.9 Å². The van der Waals surface area contributed by atoms with E-state index >= 15 is 0 Å². The number of morpholine rings is 1. The fraction of sp³-hybridized carbons (Fsp3) is 0.429. The van der Waals surface area contributed by atoms with Gasteiger partial charge in [-0.1, -0.05) is 30.3 Å². The second-order valence-electron chi connectivity index (χ2n) is 4.93. The van der Waals surface area contributed by atoms with Crippen molar-refractivity contribution in [3.63, 3.8) is 0 Å². The van der Waals surface area contributed by atoms with Gasteiger partial charge in [-0.05, 0) is 19.4 Å². The highest BCUT2D eigenvalue weighted by molar-refractivity contribution is 5.92. The van der Waals surface area contributed by atoms with Crippen LogP contribution >= 0.6 is 0 Å². The first-order valence-corrected chi connectivity index (χ1v) is 6.22. The summed E-state index contributed by atoms with van der Waals surface area (Å²) in [6.07, 6.45) is -0.425. The maximum Gasteiger partial charge on any atom is 0.249 e. The SMILES string of the molecule is CC1OCC(=O)N(Cc2ccccc2)C1(C)C(N)=O. The van der Waals surface area contributed by atoms with Gasteiger partial charge in [0.2, 0.25) is 11.8 Å². The van der Waals surface area contributed by atoms with Crippen molar-refractivity contribution in [1.82, 2.24) is 4.90 Å². The van der Waals surface area contributed by atoms with Gasteiger partial charge in [0.15, 0.2) is 0 Å². The largest absolute Gasteiger partial charge is 0.368 e. The number of rotatable bonds is 3. The van der Waals surface area contributed by atoms with Gasteiger partial charge >= 0.3 is 0 Å². The van der Waals surface area contributed by atoms with E-state index < -0.39 is 17.6 Å². The Morgan fingerprint density at radius 1 is 1.47 bits per heavy atom. The summed E-state index contributed by atoms with van der Waals surface area (Å²) in [5.41, 5.74) is 5.32. The molecule has 102 valence electrons. The van der Waals surface area contributed by atoms with Crippen LogP contribution in [0.1, 0.15) is 19.4 Å². The monoisotopic (exact) mass is 262 g/mol. The lowest BCUT2D eigenvalue weighted by Crippen LogP contribution is -2.67. The molecule has 2 atom stereocenters. The minimum atomic E-state index is -1.12. The zero-order valence-electron chi connectivity index (χ0n) is 11.1. The molecule has 5 heteroatoms. The Balaban J connectivity index is 2.33. The zero-order valence-corrected chi connectivity index (χ0v) is 11.1. The first-order chi connectivity index (χ1) is 8.96. The topological polar surface area (TPSA) is 72.6 Å². The maximum atomic E-state index is 12.1. The molecular weight excluding hydrogens is 244 g/mol. The van der Waals surface area contributed by atoms with Crippen LogP contribution in [0.15, 0.2) is 30.3 Å². The van der Waals surface area contributed by atoms with Gasteiger partial charge in [-0.3, -0.25) is 9.59 Å². The number of benzene rings is 1. The van der Waals surface area contributed by atoms with Crippen molar-refractivity contribution in [1.29, 1.82) is 0 Å². The summed E-state index contributed by atoms with van der Waals surface area (Å²) in [4.78, 5) is 25.4. The number of nitrogens with zero attached hydrogens (tertiary/aromatic N) is 1. The molecule has 1 fully saturated rings. The molecule has 1 aliphatic rings. The fourth-order valence-corrected chi connectivity index (χ4v) is 2.27. The Bertz CT molecular complexity index is 489. The third-order valence-corrected chi connectivity index (χ3v) is 3.79. The van der Waals surface area contributed by atoms with E-state index in [0.29, 0.717) is 6.54 Å². The van der Waals surface area contributed by atoms with Gasteiger partial charge in [0.1, 0.15) is 12.1 Å². The van der Waals surface area contributed by atoms with E-state index in [9.17, 15) is 9.59 Å². The second kappa shape index (κ2) is 5.01. The van der Waals surface area contributed by atoms with Gasteiger partial charge in [-0.15, -0.1) is 0 Å². The summed E-state index contributed by atoms with van der Waals surface area (Å²) in [6.45, 7) is 3.75. The molecular formula is C14H18N2O3. The third-order valence-electron chi connectivity index (χ3n) is 3.79. The Morgan fingerprint density at radius 2 is 2.11 bits per heavy atom. The summed E-state index contributed by atoms with van der Waals surface area (Å²) in [6, 6.07) is 9.51. The number of amides is 2. The number of nitrogens with two attached hydrogens (primary N) is 1. The highest BCUT2D eigenvalue weighted by atomic mass is 16.5. The Morgan fingerprint density at radius 3 is 2.68 bits per heavy atom. The molecule has 1 aromatic rings. The van der Waals surface area contributed by atoms with Gasteiger partial charge in [0, 0.05) is 6.54 Å². The van der Waals surface area contributed by atoms with E-state index in [1.807, 2.05) is 30.3 Å². The number of carbonyl (C=O) groups excluding carboxylic acids is 2. The number of hydrogen-bond donors (Lipinski definition) is 1. The van der Waals surface area contributed by atoms with Gasteiger partial charge in [0.05, 0.1) is 6.10 Å². The van der Waals surface area contributed by atoms with Crippen molar-refractivity contribution in [3.8, 4) is 0 Å². The Hall–Kier alpha value is -1.88. The van der Waals surface area contributed by atoms with Crippen LogP contribution in [0.4, 0.5) is 0 Å². The smallest absolute Gasteiger partial charge is 0.249 e. The predicted molar refractivity (Wildman–Crippen MR) is 70.0 cm³/mol. The minimum Gasteiger partial charge on any atom is -0.368 e. The van der Waals surface area contributed by atoms with Crippen molar-refractivity contribution in [2.75, 3.05) is 6.61 Å². The van der Waals surface area contributed by atoms with E-state index in [-0.39, 0.29) is 12.5 Å². The molecule has 5 nitrogen and oxygen atoms in total. The molecule has 2 rings (SSSR count). The molecule has 2 unspecified atom stereocenters. The molecule has 2 amide bonds. The lowest BCUT2D eigenvalue weighted by molar-refractivity contribution is -0.175. The highest BCUT2D eigenvalue weighted by Crippen LogP contribution is 2.28. The highest BCUT2D eigenvalue weighted by Gasteiger charge is 2.49. The van der Waals surface area contributed by atoms with Crippen LogP contribution in [0.3, 0.4) is 0 Å². The number of hydrogen-bond acceptors (Lipinski definition) is 3. The Labute approximate surface area is 112 Å². The summed E-state index contributed by atoms with van der Waals surface area (Å²) >= 11 is 0. The summed E-state index contributed by atoms with van der Waals surface area (Å²) < 4.78 is 5.34. The molecule has 0 saturated carbocycles.